The van der Waals surface area contributed by atoms with E-state index in [4.69, 9.17) is 11.6 Å². The van der Waals surface area contributed by atoms with Crippen LogP contribution in [0.15, 0.2) is 54.9 Å². The fraction of sp³-hybridized carbons (Fsp3) is 0.150. The van der Waals surface area contributed by atoms with Crippen molar-refractivity contribution in [2.24, 2.45) is 0 Å². The van der Waals surface area contributed by atoms with Crippen LogP contribution >= 0.6 is 11.6 Å². The van der Waals surface area contributed by atoms with Crippen LogP contribution < -0.4 is 15.8 Å². The summed E-state index contributed by atoms with van der Waals surface area (Å²) in [6, 6.07) is 14.5. The van der Waals surface area contributed by atoms with Gasteiger partial charge in [-0.1, -0.05) is 48.0 Å². The van der Waals surface area contributed by atoms with Crippen molar-refractivity contribution < 1.29 is 9.72 Å². The zero-order chi connectivity index (χ0) is 21.1. The predicted molar refractivity (Wildman–Crippen MR) is 112 cm³/mol. The number of halogens is 1. The van der Waals surface area contributed by atoms with Gasteiger partial charge in [0.2, 0.25) is 11.6 Å². The summed E-state index contributed by atoms with van der Waals surface area (Å²) >= 11 is 6.02. The Morgan fingerprint density at radius 3 is 2.60 bits per heavy atom. The number of hydrazine groups is 1. The zero-order valence-electron chi connectivity index (χ0n) is 15.7. The minimum atomic E-state index is -0.556. The van der Waals surface area contributed by atoms with Crippen molar-refractivity contribution in [1.82, 2.24) is 15.4 Å². The maximum absolute atomic E-state index is 12.4. The van der Waals surface area contributed by atoms with E-state index in [1.807, 2.05) is 23.1 Å². The van der Waals surface area contributed by atoms with Gasteiger partial charge in [0.1, 0.15) is 6.33 Å². The number of fused-ring (bicyclic) bond motifs is 1. The summed E-state index contributed by atoms with van der Waals surface area (Å²) in [7, 11) is 0. The molecule has 0 unspecified atom stereocenters. The van der Waals surface area contributed by atoms with Gasteiger partial charge in [-0.25, -0.2) is 9.97 Å². The number of nitrogens with zero attached hydrogens (tertiary/aromatic N) is 4. The molecule has 2 aromatic carbocycles. The average molecular weight is 425 g/mol. The topological polar surface area (TPSA) is 113 Å². The molecule has 0 radical (unpaired) electrons. The Hall–Kier alpha value is -3.72. The number of carbonyl (C=O) groups excluding carboxylic acids is 1. The highest BCUT2D eigenvalue weighted by Gasteiger charge is 2.29. The van der Waals surface area contributed by atoms with Gasteiger partial charge in [0.25, 0.3) is 5.91 Å². The zero-order valence-corrected chi connectivity index (χ0v) is 16.5. The molecule has 1 aliphatic rings. The molecule has 0 atom stereocenters. The summed E-state index contributed by atoms with van der Waals surface area (Å²) in [5.41, 5.74) is 7.19. The van der Waals surface area contributed by atoms with Crippen LogP contribution in [0.1, 0.15) is 21.5 Å². The van der Waals surface area contributed by atoms with Gasteiger partial charge in [-0.15, -0.1) is 0 Å². The Labute approximate surface area is 176 Å². The van der Waals surface area contributed by atoms with Crippen molar-refractivity contribution >= 4 is 34.8 Å². The predicted octanol–water partition coefficient (Wildman–Crippen LogP) is 3.36. The second-order valence-corrected chi connectivity index (χ2v) is 7.06. The highest BCUT2D eigenvalue weighted by Crippen LogP contribution is 2.34. The van der Waals surface area contributed by atoms with E-state index in [2.05, 4.69) is 26.9 Å². The molecule has 4 rings (SSSR count). The number of benzene rings is 2. The van der Waals surface area contributed by atoms with Gasteiger partial charge in [-0.3, -0.25) is 25.8 Å². The molecule has 2 N–H and O–H groups in total. The molecule has 0 spiro atoms. The van der Waals surface area contributed by atoms with E-state index >= 15 is 0 Å². The van der Waals surface area contributed by atoms with E-state index in [-0.39, 0.29) is 27.9 Å². The van der Waals surface area contributed by atoms with Crippen LogP contribution in [-0.4, -0.2) is 27.3 Å². The molecule has 0 bridgehead atoms. The van der Waals surface area contributed by atoms with Gasteiger partial charge in [-0.05, 0) is 29.7 Å². The van der Waals surface area contributed by atoms with Gasteiger partial charge >= 0.3 is 5.69 Å². The van der Waals surface area contributed by atoms with Gasteiger partial charge in [0, 0.05) is 13.1 Å². The summed E-state index contributed by atoms with van der Waals surface area (Å²) in [6.45, 7) is 1.08. The minimum Gasteiger partial charge on any atom is -0.346 e. The van der Waals surface area contributed by atoms with Crippen molar-refractivity contribution in [3.8, 4) is 0 Å². The average Bonchev–Trinajstić information content (AvgIpc) is 2.77. The first-order valence-corrected chi connectivity index (χ1v) is 9.54. The van der Waals surface area contributed by atoms with Gasteiger partial charge < -0.3 is 4.90 Å². The lowest BCUT2D eigenvalue weighted by molar-refractivity contribution is -0.383. The SMILES string of the molecule is O=C(NNc1ncnc(N2CCc3ccccc3C2)c1[N+](=O)[O-])c1ccccc1Cl. The maximum atomic E-state index is 12.4. The van der Waals surface area contributed by atoms with Crippen molar-refractivity contribution in [2.45, 2.75) is 13.0 Å². The third-order valence-corrected chi connectivity index (χ3v) is 5.16. The smallest absolute Gasteiger partial charge is 0.346 e. The molecule has 30 heavy (non-hydrogen) atoms. The van der Waals surface area contributed by atoms with Crippen LogP contribution in [0.2, 0.25) is 5.02 Å². The van der Waals surface area contributed by atoms with Crippen LogP contribution in [0.4, 0.5) is 17.3 Å². The first kappa shape index (κ1) is 19.6. The molecule has 10 heteroatoms. The Kier molecular flexibility index (Phi) is 5.44. The van der Waals surface area contributed by atoms with Crippen LogP contribution in [0.3, 0.4) is 0 Å². The van der Waals surface area contributed by atoms with E-state index in [0.29, 0.717) is 13.1 Å². The largest absolute Gasteiger partial charge is 0.355 e. The van der Waals surface area contributed by atoms with Gasteiger partial charge in [-0.2, -0.15) is 0 Å². The van der Waals surface area contributed by atoms with Gasteiger partial charge in [0.05, 0.1) is 15.5 Å². The van der Waals surface area contributed by atoms with E-state index in [9.17, 15) is 14.9 Å². The Morgan fingerprint density at radius 1 is 1.10 bits per heavy atom. The third kappa shape index (κ3) is 3.87. The second kappa shape index (κ2) is 8.34. The fourth-order valence-corrected chi connectivity index (χ4v) is 3.59. The summed E-state index contributed by atoms with van der Waals surface area (Å²) in [5, 5.41) is 12.1. The van der Waals surface area contributed by atoms with Crippen molar-refractivity contribution in [3.63, 3.8) is 0 Å². The molecular weight excluding hydrogens is 408 g/mol. The third-order valence-electron chi connectivity index (χ3n) is 4.83. The number of anilines is 2. The standard InChI is InChI=1S/C20H17ClN6O3/c21-16-8-4-3-7-15(16)20(28)25-24-18-17(27(29)30)19(23-12-22-18)26-10-9-13-5-1-2-6-14(13)11-26/h1-8,12H,9-11H2,(H,25,28)(H,22,23,24). The van der Waals surface area contributed by atoms with E-state index < -0.39 is 10.8 Å². The number of aromatic nitrogens is 2. The molecule has 1 aliphatic heterocycles. The first-order valence-electron chi connectivity index (χ1n) is 9.16. The molecule has 1 aromatic heterocycles. The molecule has 152 valence electrons. The summed E-state index contributed by atoms with van der Waals surface area (Å²) in [5.74, 6) is -0.454. The number of rotatable bonds is 5. The van der Waals surface area contributed by atoms with Gasteiger partial charge in [0.15, 0.2) is 0 Å². The quantitative estimate of drug-likeness (QED) is 0.476. The lowest BCUT2D eigenvalue weighted by Gasteiger charge is -2.29. The number of hydrogen-bond acceptors (Lipinski definition) is 7. The maximum Gasteiger partial charge on any atom is 0.355 e. The van der Waals surface area contributed by atoms with E-state index in [1.165, 1.54) is 11.9 Å². The highest BCUT2D eigenvalue weighted by atomic mass is 35.5. The molecule has 0 fully saturated rings. The van der Waals surface area contributed by atoms with Crippen LogP contribution in [-0.2, 0) is 13.0 Å². The Morgan fingerprint density at radius 2 is 1.83 bits per heavy atom. The molecular formula is C20H17ClN6O3. The number of hydrogen-bond donors (Lipinski definition) is 2. The molecule has 3 aromatic rings. The van der Waals surface area contributed by atoms with Crippen LogP contribution in [0, 0.1) is 10.1 Å². The van der Waals surface area contributed by atoms with Crippen molar-refractivity contribution in [3.05, 3.63) is 86.7 Å². The first-order chi connectivity index (χ1) is 14.5. The number of nitro groups is 1. The number of amides is 1. The highest BCUT2D eigenvalue weighted by molar-refractivity contribution is 6.33. The molecule has 2 heterocycles. The molecule has 0 saturated heterocycles. The van der Waals surface area contributed by atoms with E-state index in [0.717, 1.165) is 12.0 Å². The lowest BCUT2D eigenvalue weighted by Crippen LogP contribution is -2.33. The number of nitrogens with one attached hydrogen (secondary N) is 2. The monoisotopic (exact) mass is 424 g/mol. The molecule has 9 nitrogen and oxygen atoms in total. The summed E-state index contributed by atoms with van der Waals surface area (Å²) in [6.07, 6.45) is 1.98. The van der Waals surface area contributed by atoms with E-state index in [1.54, 1.807) is 24.3 Å². The molecule has 0 aliphatic carbocycles. The Balaban J connectivity index is 1.59. The fourth-order valence-electron chi connectivity index (χ4n) is 3.37. The molecule has 1 amide bonds. The molecule has 0 saturated carbocycles. The lowest BCUT2D eigenvalue weighted by atomic mass is 10.00. The second-order valence-electron chi connectivity index (χ2n) is 6.65. The van der Waals surface area contributed by atoms with Crippen molar-refractivity contribution in [1.29, 1.82) is 0 Å². The normalized spacial score (nSPS) is 12.8. The van der Waals surface area contributed by atoms with Crippen LogP contribution in [0.5, 0.6) is 0 Å². The van der Waals surface area contributed by atoms with Crippen molar-refractivity contribution in [2.75, 3.05) is 16.9 Å². The Bertz CT molecular complexity index is 1120. The summed E-state index contributed by atoms with van der Waals surface area (Å²) in [4.78, 5) is 33.6. The van der Waals surface area contributed by atoms with Crippen LogP contribution in [0.25, 0.3) is 0 Å². The summed E-state index contributed by atoms with van der Waals surface area (Å²) < 4.78 is 0. The number of carbonyl (C=O) groups is 1. The minimum absolute atomic E-state index is 0.107.